The fourth-order valence-corrected chi connectivity index (χ4v) is 1.55. The molecule has 0 fully saturated rings. The lowest BCUT2D eigenvalue weighted by Gasteiger charge is -2.18. The summed E-state index contributed by atoms with van der Waals surface area (Å²) >= 11 is 5.43. The van der Waals surface area contributed by atoms with Gasteiger partial charge in [-0.05, 0) is 30.2 Å². The molecule has 1 rings (SSSR count). The minimum atomic E-state index is -1.17. The molecule has 4 nitrogen and oxygen atoms in total. The Morgan fingerprint density at radius 3 is 2.56 bits per heavy atom. The summed E-state index contributed by atoms with van der Waals surface area (Å²) in [6.07, 6.45) is -2.28. The number of hydrogen-bond acceptors (Lipinski definition) is 3. The normalized spacial score (nSPS) is 14.5. The van der Waals surface area contributed by atoms with E-state index in [-0.39, 0.29) is 11.4 Å². The lowest BCUT2D eigenvalue weighted by atomic mass is 9.97. The standard InChI is InChI=1S/C11H13ClO4/c1-6-2-3-7(11(15)16)4-8(6)10(14)9(13)5-12/h2-4,9-10,13-14H,5H2,1H3,(H,15,16). The Hall–Kier alpha value is -1.10. The van der Waals surface area contributed by atoms with Crippen molar-refractivity contribution in [3.8, 4) is 0 Å². The van der Waals surface area contributed by atoms with Gasteiger partial charge in [-0.1, -0.05) is 6.07 Å². The Labute approximate surface area is 98.1 Å². The number of rotatable bonds is 4. The van der Waals surface area contributed by atoms with Crippen molar-refractivity contribution >= 4 is 17.6 Å². The van der Waals surface area contributed by atoms with E-state index < -0.39 is 18.2 Å². The van der Waals surface area contributed by atoms with E-state index >= 15 is 0 Å². The fraction of sp³-hybridized carbons (Fsp3) is 0.364. The van der Waals surface area contributed by atoms with Crippen molar-refractivity contribution in [2.75, 3.05) is 5.88 Å². The zero-order valence-electron chi connectivity index (χ0n) is 8.72. The lowest BCUT2D eigenvalue weighted by molar-refractivity contribution is 0.0322. The molecule has 0 saturated heterocycles. The minimum Gasteiger partial charge on any atom is -0.478 e. The predicted molar refractivity (Wildman–Crippen MR) is 59.8 cm³/mol. The molecular weight excluding hydrogens is 232 g/mol. The van der Waals surface area contributed by atoms with Crippen LogP contribution in [0.25, 0.3) is 0 Å². The van der Waals surface area contributed by atoms with Crippen LogP contribution in [0.15, 0.2) is 18.2 Å². The molecule has 1 aromatic rings. The van der Waals surface area contributed by atoms with Crippen LogP contribution in [0.1, 0.15) is 27.6 Å². The molecule has 3 N–H and O–H groups in total. The van der Waals surface area contributed by atoms with E-state index in [1.807, 2.05) is 0 Å². The fourth-order valence-electron chi connectivity index (χ4n) is 1.38. The van der Waals surface area contributed by atoms with Gasteiger partial charge in [0.1, 0.15) is 6.10 Å². The Bertz CT molecular complexity index is 392. The molecule has 5 heteroatoms. The third-order valence-electron chi connectivity index (χ3n) is 2.37. The first-order valence-electron chi connectivity index (χ1n) is 4.73. The molecule has 88 valence electrons. The second-order valence-corrected chi connectivity index (χ2v) is 3.85. The van der Waals surface area contributed by atoms with Gasteiger partial charge in [-0.3, -0.25) is 0 Å². The van der Waals surface area contributed by atoms with Gasteiger partial charge in [0.2, 0.25) is 0 Å². The van der Waals surface area contributed by atoms with Gasteiger partial charge in [0, 0.05) is 0 Å². The zero-order valence-corrected chi connectivity index (χ0v) is 9.48. The minimum absolute atomic E-state index is 0.0708. The van der Waals surface area contributed by atoms with E-state index in [1.165, 1.54) is 12.1 Å². The van der Waals surface area contributed by atoms with Crippen molar-refractivity contribution in [1.29, 1.82) is 0 Å². The Morgan fingerprint density at radius 1 is 1.44 bits per heavy atom. The summed E-state index contributed by atoms with van der Waals surface area (Å²) in [6.45, 7) is 1.73. The third-order valence-corrected chi connectivity index (χ3v) is 2.68. The summed E-state index contributed by atoms with van der Waals surface area (Å²) in [5.41, 5.74) is 1.16. The first-order chi connectivity index (χ1) is 7.47. The van der Waals surface area contributed by atoms with Gasteiger partial charge in [0.15, 0.2) is 0 Å². The summed E-state index contributed by atoms with van der Waals surface area (Å²) in [4.78, 5) is 10.8. The van der Waals surface area contributed by atoms with E-state index in [0.29, 0.717) is 11.1 Å². The van der Waals surface area contributed by atoms with Crippen LogP contribution in [0.4, 0.5) is 0 Å². The van der Waals surface area contributed by atoms with Gasteiger partial charge in [0.05, 0.1) is 17.5 Å². The maximum Gasteiger partial charge on any atom is 0.335 e. The Morgan fingerprint density at radius 2 is 2.06 bits per heavy atom. The number of halogens is 1. The van der Waals surface area contributed by atoms with Crippen molar-refractivity contribution in [3.63, 3.8) is 0 Å². The van der Waals surface area contributed by atoms with Crippen LogP contribution >= 0.6 is 11.6 Å². The highest BCUT2D eigenvalue weighted by Gasteiger charge is 2.20. The number of carboxylic acids is 1. The highest BCUT2D eigenvalue weighted by Crippen LogP contribution is 2.22. The van der Waals surface area contributed by atoms with Gasteiger partial charge in [-0.2, -0.15) is 0 Å². The van der Waals surface area contributed by atoms with E-state index in [0.717, 1.165) is 0 Å². The van der Waals surface area contributed by atoms with Crippen LogP contribution in [0.2, 0.25) is 0 Å². The summed E-state index contributed by atoms with van der Waals surface area (Å²) in [7, 11) is 0. The van der Waals surface area contributed by atoms with Crippen molar-refractivity contribution in [3.05, 3.63) is 34.9 Å². The number of aliphatic hydroxyl groups is 2. The zero-order chi connectivity index (χ0) is 12.3. The maximum absolute atomic E-state index is 10.8. The molecule has 0 aliphatic carbocycles. The quantitative estimate of drug-likeness (QED) is 0.699. The number of aromatic carboxylic acids is 1. The maximum atomic E-state index is 10.8. The van der Waals surface area contributed by atoms with Gasteiger partial charge >= 0.3 is 5.97 Å². The van der Waals surface area contributed by atoms with Gasteiger partial charge in [0.25, 0.3) is 0 Å². The molecule has 0 heterocycles. The predicted octanol–water partition coefficient (Wildman–Crippen LogP) is 1.33. The summed E-state index contributed by atoms with van der Waals surface area (Å²) in [6, 6.07) is 4.38. The van der Waals surface area contributed by atoms with Crippen molar-refractivity contribution in [1.82, 2.24) is 0 Å². The van der Waals surface area contributed by atoms with Crippen molar-refractivity contribution in [2.45, 2.75) is 19.1 Å². The number of benzene rings is 1. The van der Waals surface area contributed by atoms with E-state index in [1.54, 1.807) is 13.0 Å². The monoisotopic (exact) mass is 244 g/mol. The number of hydrogen-bond donors (Lipinski definition) is 3. The summed E-state index contributed by atoms with van der Waals surface area (Å²) in [5.74, 6) is -1.19. The summed E-state index contributed by atoms with van der Waals surface area (Å²) < 4.78 is 0. The number of alkyl halides is 1. The van der Waals surface area contributed by atoms with Crippen LogP contribution in [-0.4, -0.2) is 33.3 Å². The second kappa shape index (κ2) is 5.30. The van der Waals surface area contributed by atoms with E-state index in [9.17, 15) is 15.0 Å². The first-order valence-corrected chi connectivity index (χ1v) is 5.26. The third kappa shape index (κ3) is 2.72. The molecule has 0 amide bonds. The highest BCUT2D eigenvalue weighted by atomic mass is 35.5. The van der Waals surface area contributed by atoms with Gasteiger partial charge < -0.3 is 15.3 Å². The van der Waals surface area contributed by atoms with E-state index in [4.69, 9.17) is 16.7 Å². The van der Waals surface area contributed by atoms with E-state index in [2.05, 4.69) is 0 Å². The molecule has 1 aromatic carbocycles. The van der Waals surface area contributed by atoms with Crippen LogP contribution in [0.5, 0.6) is 0 Å². The number of aryl methyl sites for hydroxylation is 1. The van der Waals surface area contributed by atoms with Crippen LogP contribution in [-0.2, 0) is 0 Å². The SMILES string of the molecule is Cc1ccc(C(=O)O)cc1C(O)C(O)CCl. The lowest BCUT2D eigenvalue weighted by Crippen LogP contribution is -2.20. The second-order valence-electron chi connectivity index (χ2n) is 3.54. The molecular formula is C11H13ClO4. The number of carboxylic acid groups (broad SMARTS) is 1. The Balaban J connectivity index is 3.11. The molecule has 0 spiro atoms. The van der Waals surface area contributed by atoms with Crippen LogP contribution in [0, 0.1) is 6.92 Å². The number of aliphatic hydroxyl groups excluding tert-OH is 2. The van der Waals surface area contributed by atoms with Crippen molar-refractivity contribution in [2.24, 2.45) is 0 Å². The molecule has 0 saturated carbocycles. The largest absolute Gasteiger partial charge is 0.478 e. The molecule has 2 unspecified atom stereocenters. The molecule has 0 bridgehead atoms. The summed E-state index contributed by atoms with van der Waals surface area (Å²) in [5, 5.41) is 28.0. The van der Waals surface area contributed by atoms with Gasteiger partial charge in [-0.15, -0.1) is 11.6 Å². The van der Waals surface area contributed by atoms with Crippen LogP contribution < -0.4 is 0 Å². The molecule has 2 atom stereocenters. The van der Waals surface area contributed by atoms with Crippen LogP contribution in [0.3, 0.4) is 0 Å². The molecule has 0 aliphatic heterocycles. The molecule has 0 radical (unpaired) electrons. The van der Waals surface area contributed by atoms with Crippen molar-refractivity contribution < 1.29 is 20.1 Å². The molecule has 0 aliphatic rings. The Kier molecular flexibility index (Phi) is 4.29. The topological polar surface area (TPSA) is 77.8 Å². The number of carbonyl (C=O) groups is 1. The smallest absolute Gasteiger partial charge is 0.335 e. The first kappa shape index (κ1) is 13.0. The highest BCUT2D eigenvalue weighted by molar-refractivity contribution is 6.18. The van der Waals surface area contributed by atoms with Gasteiger partial charge in [-0.25, -0.2) is 4.79 Å². The average Bonchev–Trinajstić information content (AvgIpc) is 2.27. The average molecular weight is 245 g/mol. The molecule has 0 aromatic heterocycles. The molecule has 16 heavy (non-hydrogen) atoms.